The number of methoxy groups -OCH3 is 1. The quantitative estimate of drug-likeness (QED) is 0.473. The van der Waals surface area contributed by atoms with Gasteiger partial charge >= 0.3 is 6.03 Å². The second-order valence-corrected chi connectivity index (χ2v) is 11.0. The molecule has 2 aliphatic heterocycles. The lowest BCUT2D eigenvalue weighted by Gasteiger charge is -2.38. The van der Waals surface area contributed by atoms with Crippen LogP contribution in [0.4, 0.5) is 19.3 Å². The van der Waals surface area contributed by atoms with E-state index in [1.165, 1.54) is 4.90 Å². The highest BCUT2D eigenvalue weighted by atomic mass is 19.3. The molecule has 206 valence electrons. The summed E-state index contributed by atoms with van der Waals surface area (Å²) in [5.74, 6) is -2.89. The lowest BCUT2D eigenvalue weighted by atomic mass is 9.77. The number of carbonyl (C=O) groups excluding carboxylic acids is 3. The first-order valence-electron chi connectivity index (χ1n) is 13.4. The average molecular weight is 531 g/mol. The van der Waals surface area contributed by atoms with Gasteiger partial charge in [-0.15, -0.1) is 0 Å². The Morgan fingerprint density at radius 2 is 1.76 bits per heavy atom. The van der Waals surface area contributed by atoms with Crippen molar-refractivity contribution >= 4 is 23.4 Å². The number of ether oxygens (including phenoxy) is 1. The molecule has 10 heteroatoms. The standard InChI is InChI=1S/C28H36F2N4O4/c1-3-8-28(29,30)17-22(23(35)18-26(19-31)9-10-26)32-25(37)33-14-11-27(12-15-33)13-16-34(24(27)36)20-4-6-21(38-2)7-5-20/h4-7,22H,3,8-18H2,1-2H3,(H,32,37)/t22-/m0/s1. The fraction of sp³-hybridized carbons (Fsp3) is 0.643. The van der Waals surface area contributed by atoms with Crippen LogP contribution in [-0.4, -0.2) is 61.3 Å². The predicted molar refractivity (Wildman–Crippen MR) is 137 cm³/mol. The number of rotatable bonds is 10. The van der Waals surface area contributed by atoms with E-state index >= 15 is 0 Å². The SMILES string of the molecule is CCCC(F)(F)C[C@H](NC(=O)N1CCC2(CC1)CCN(c1ccc(OC)cc1)C2=O)C(=O)CC1(C#N)CC1. The summed E-state index contributed by atoms with van der Waals surface area (Å²) < 4.78 is 34.2. The van der Waals surface area contributed by atoms with Crippen molar-refractivity contribution in [2.45, 2.75) is 76.7 Å². The van der Waals surface area contributed by atoms with Gasteiger partial charge in [0.05, 0.1) is 30.1 Å². The Balaban J connectivity index is 1.38. The maximum atomic E-state index is 14.5. The third-order valence-electron chi connectivity index (χ3n) is 8.31. The predicted octanol–water partition coefficient (Wildman–Crippen LogP) is 4.68. The van der Waals surface area contributed by atoms with Crippen molar-refractivity contribution < 1.29 is 27.9 Å². The summed E-state index contributed by atoms with van der Waals surface area (Å²) in [5, 5.41) is 11.9. The first-order chi connectivity index (χ1) is 18.1. The molecule has 1 aromatic rings. The highest BCUT2D eigenvalue weighted by Gasteiger charge is 2.50. The van der Waals surface area contributed by atoms with E-state index in [9.17, 15) is 28.4 Å². The van der Waals surface area contributed by atoms with Gasteiger partial charge < -0.3 is 19.9 Å². The molecule has 0 radical (unpaired) electrons. The van der Waals surface area contributed by atoms with Crippen molar-refractivity contribution in [3.63, 3.8) is 0 Å². The van der Waals surface area contributed by atoms with Crippen LogP contribution >= 0.6 is 0 Å². The Hall–Kier alpha value is -3.22. The van der Waals surface area contributed by atoms with Crippen LogP contribution in [0.15, 0.2) is 24.3 Å². The molecular weight excluding hydrogens is 494 g/mol. The molecule has 1 saturated carbocycles. The molecule has 3 aliphatic rings. The maximum Gasteiger partial charge on any atom is 0.317 e. The topological polar surface area (TPSA) is 103 Å². The van der Waals surface area contributed by atoms with Gasteiger partial charge in [-0.05, 0) is 56.4 Å². The molecule has 8 nitrogen and oxygen atoms in total. The Morgan fingerprint density at radius 3 is 2.32 bits per heavy atom. The van der Waals surface area contributed by atoms with Crippen LogP contribution in [0.2, 0.25) is 0 Å². The van der Waals surface area contributed by atoms with Crippen LogP contribution in [0.3, 0.4) is 0 Å². The Morgan fingerprint density at radius 1 is 1.13 bits per heavy atom. The molecule has 1 spiro atoms. The van der Waals surface area contributed by atoms with E-state index in [0.717, 1.165) is 5.69 Å². The number of hydrogen-bond acceptors (Lipinski definition) is 5. The fourth-order valence-electron chi connectivity index (χ4n) is 5.62. The third kappa shape index (κ3) is 5.92. The normalized spacial score (nSPS) is 20.7. The van der Waals surface area contributed by atoms with E-state index < -0.39 is 41.0 Å². The smallest absolute Gasteiger partial charge is 0.317 e. The molecule has 4 rings (SSSR count). The summed E-state index contributed by atoms with van der Waals surface area (Å²) in [6.45, 7) is 2.81. The summed E-state index contributed by atoms with van der Waals surface area (Å²) in [5.41, 5.74) is -0.547. The van der Waals surface area contributed by atoms with Crippen LogP contribution in [0.25, 0.3) is 0 Å². The summed E-state index contributed by atoms with van der Waals surface area (Å²) in [6, 6.07) is 7.50. The number of amides is 3. The van der Waals surface area contributed by atoms with Gasteiger partial charge in [0, 0.05) is 44.6 Å². The second kappa shape index (κ2) is 10.9. The number of nitrogens with one attached hydrogen (secondary N) is 1. The van der Waals surface area contributed by atoms with Crippen LogP contribution in [0, 0.1) is 22.2 Å². The first-order valence-corrected chi connectivity index (χ1v) is 13.4. The minimum Gasteiger partial charge on any atom is -0.497 e. The number of likely N-dealkylation sites (tertiary alicyclic amines) is 1. The number of urea groups is 1. The lowest BCUT2D eigenvalue weighted by molar-refractivity contribution is -0.127. The Kier molecular flexibility index (Phi) is 7.96. The maximum absolute atomic E-state index is 14.5. The van der Waals surface area contributed by atoms with Crippen molar-refractivity contribution in [2.24, 2.45) is 10.8 Å². The zero-order valence-electron chi connectivity index (χ0n) is 22.1. The van der Waals surface area contributed by atoms with E-state index in [1.54, 1.807) is 18.9 Å². The zero-order chi connectivity index (χ0) is 27.6. The number of anilines is 1. The van der Waals surface area contributed by atoms with Crippen molar-refractivity contribution in [3.05, 3.63) is 24.3 Å². The van der Waals surface area contributed by atoms with E-state index in [4.69, 9.17) is 4.74 Å². The molecular formula is C28H36F2N4O4. The summed E-state index contributed by atoms with van der Waals surface area (Å²) in [7, 11) is 1.58. The summed E-state index contributed by atoms with van der Waals surface area (Å²) in [4.78, 5) is 42.7. The van der Waals surface area contributed by atoms with E-state index in [0.29, 0.717) is 57.5 Å². The van der Waals surface area contributed by atoms with Gasteiger partial charge in [0.1, 0.15) is 5.75 Å². The Bertz CT molecular complexity index is 1090. The molecule has 3 amide bonds. The third-order valence-corrected chi connectivity index (χ3v) is 8.31. The number of carbonyl (C=O) groups is 3. The monoisotopic (exact) mass is 530 g/mol. The van der Waals surface area contributed by atoms with Gasteiger partial charge in [-0.25, -0.2) is 13.6 Å². The number of benzene rings is 1. The molecule has 1 aliphatic carbocycles. The minimum absolute atomic E-state index is 0.0289. The highest BCUT2D eigenvalue weighted by molar-refractivity contribution is 6.00. The largest absolute Gasteiger partial charge is 0.497 e. The van der Waals surface area contributed by atoms with E-state index in [-0.39, 0.29) is 25.2 Å². The van der Waals surface area contributed by atoms with Gasteiger partial charge in [-0.2, -0.15) is 5.26 Å². The molecule has 2 saturated heterocycles. The highest BCUT2D eigenvalue weighted by Crippen LogP contribution is 2.48. The zero-order valence-corrected chi connectivity index (χ0v) is 22.1. The van der Waals surface area contributed by atoms with Gasteiger partial charge in [0.2, 0.25) is 5.91 Å². The molecule has 38 heavy (non-hydrogen) atoms. The molecule has 3 fully saturated rings. The number of ketones is 1. The molecule has 0 aromatic heterocycles. The van der Waals surface area contributed by atoms with Gasteiger partial charge in [0.15, 0.2) is 5.78 Å². The molecule has 2 heterocycles. The van der Waals surface area contributed by atoms with Crippen molar-refractivity contribution in [1.82, 2.24) is 10.2 Å². The van der Waals surface area contributed by atoms with Crippen LogP contribution in [-0.2, 0) is 9.59 Å². The van der Waals surface area contributed by atoms with Crippen LogP contribution in [0.1, 0.15) is 64.7 Å². The average Bonchev–Trinajstić information content (AvgIpc) is 3.61. The number of Topliss-reactive ketones (excluding diaryl/α,β-unsaturated/α-hetero) is 1. The number of piperidine rings is 1. The fourth-order valence-corrected chi connectivity index (χ4v) is 5.62. The van der Waals surface area contributed by atoms with E-state index in [2.05, 4.69) is 11.4 Å². The number of alkyl halides is 2. The molecule has 0 bridgehead atoms. The number of hydrogen-bond donors (Lipinski definition) is 1. The van der Waals surface area contributed by atoms with Crippen LogP contribution < -0.4 is 15.0 Å². The van der Waals surface area contributed by atoms with Gasteiger partial charge in [0.25, 0.3) is 5.92 Å². The van der Waals surface area contributed by atoms with Gasteiger partial charge in [-0.1, -0.05) is 13.3 Å². The summed E-state index contributed by atoms with van der Waals surface area (Å²) in [6.07, 6.45) is 1.70. The van der Waals surface area contributed by atoms with Gasteiger partial charge in [-0.3, -0.25) is 9.59 Å². The number of halogens is 2. The van der Waals surface area contributed by atoms with Crippen molar-refractivity contribution in [3.8, 4) is 11.8 Å². The first kappa shape index (κ1) is 27.8. The molecule has 1 atom stereocenters. The van der Waals surface area contributed by atoms with Crippen LogP contribution in [0.5, 0.6) is 5.75 Å². The molecule has 0 unspecified atom stereocenters. The number of nitrogens with zero attached hydrogens (tertiary/aromatic N) is 3. The van der Waals surface area contributed by atoms with E-state index in [1.807, 2.05) is 24.3 Å². The lowest BCUT2D eigenvalue weighted by Crippen LogP contribution is -2.54. The number of nitriles is 1. The van der Waals surface area contributed by atoms with Crippen molar-refractivity contribution in [2.75, 3.05) is 31.6 Å². The minimum atomic E-state index is -3.10. The summed E-state index contributed by atoms with van der Waals surface area (Å²) >= 11 is 0. The molecule has 1 N–H and O–H groups in total. The second-order valence-electron chi connectivity index (χ2n) is 11.0. The molecule has 1 aromatic carbocycles. The Labute approximate surface area is 222 Å². The van der Waals surface area contributed by atoms with Crippen molar-refractivity contribution in [1.29, 1.82) is 5.26 Å².